The molecule has 4 aliphatic rings. The number of fused-ring (bicyclic) bond motifs is 5. The number of methoxy groups -OCH3 is 1. The zero-order valence-electron chi connectivity index (χ0n) is 18.8. The first kappa shape index (κ1) is 20.2. The third-order valence-corrected chi connectivity index (χ3v) is 9.84. The van der Waals surface area contributed by atoms with Gasteiger partial charge in [-0.2, -0.15) is 0 Å². The second kappa shape index (κ2) is 7.43. The van der Waals surface area contributed by atoms with Crippen molar-refractivity contribution in [1.82, 2.24) is 5.32 Å². The summed E-state index contributed by atoms with van der Waals surface area (Å²) in [5.41, 5.74) is 1.98. The summed E-state index contributed by atoms with van der Waals surface area (Å²) in [5.74, 6) is 4.36. The summed E-state index contributed by atoms with van der Waals surface area (Å²) in [4.78, 5) is 11.9. The van der Waals surface area contributed by atoms with E-state index in [2.05, 4.69) is 49.5 Å². The Labute approximate surface area is 181 Å². The maximum atomic E-state index is 11.9. The summed E-state index contributed by atoms with van der Waals surface area (Å²) in [6, 6.07) is 8.86. The fourth-order valence-electron chi connectivity index (χ4n) is 8.16. The van der Waals surface area contributed by atoms with Gasteiger partial charge in [-0.1, -0.05) is 38.1 Å². The topological polar surface area (TPSA) is 38.3 Å². The van der Waals surface area contributed by atoms with E-state index in [9.17, 15) is 4.79 Å². The fraction of sp³-hybridized carbons (Fsp3) is 0.667. The minimum absolute atomic E-state index is 0.105. The lowest BCUT2D eigenvalue weighted by molar-refractivity contribution is -0.122. The minimum Gasteiger partial charge on any atom is -0.496 e. The molecule has 1 aromatic rings. The van der Waals surface area contributed by atoms with Gasteiger partial charge in [0.1, 0.15) is 5.75 Å². The summed E-state index contributed by atoms with van der Waals surface area (Å²) >= 11 is 0. The molecule has 1 aliphatic heterocycles. The first-order valence-electron chi connectivity index (χ1n) is 12.1. The highest BCUT2D eigenvalue weighted by molar-refractivity contribution is 5.89. The molecular formula is C27H37NO2. The Bertz CT molecular complexity index is 847. The zero-order valence-corrected chi connectivity index (χ0v) is 18.8. The van der Waals surface area contributed by atoms with Gasteiger partial charge >= 0.3 is 0 Å². The standard InChI is InChI=1S/C27H37NO2/c1-26-16-14-22-20(11-13-24-27(22,2)17-15-25(29)28-24)21(26)12-10-19(26)9-8-18-6-4-5-7-23(18)30-3/h4-7,15,17,19-22,24H,8-14,16H2,1-3H3,(H,28,29)/t19-,20-,21-,22-,24?,26+,27+/m0/s1. The Morgan fingerprint density at radius 1 is 1.07 bits per heavy atom. The van der Waals surface area contributed by atoms with Crippen molar-refractivity contribution in [3.63, 3.8) is 0 Å². The van der Waals surface area contributed by atoms with E-state index in [1.807, 2.05) is 0 Å². The van der Waals surface area contributed by atoms with Gasteiger partial charge in [0.25, 0.3) is 0 Å². The lowest BCUT2D eigenvalue weighted by Gasteiger charge is -2.59. The average molecular weight is 408 g/mol. The largest absolute Gasteiger partial charge is 0.496 e. The molecular weight excluding hydrogens is 370 g/mol. The van der Waals surface area contributed by atoms with Crippen LogP contribution in [0.4, 0.5) is 0 Å². The van der Waals surface area contributed by atoms with Crippen molar-refractivity contribution in [3.8, 4) is 5.75 Å². The molecule has 3 fully saturated rings. The molecule has 3 aliphatic carbocycles. The number of carbonyl (C=O) groups excluding carboxylic acids is 1. The maximum absolute atomic E-state index is 11.9. The Kier molecular flexibility index (Phi) is 4.99. The molecule has 1 unspecified atom stereocenters. The molecule has 1 aromatic carbocycles. The van der Waals surface area contributed by atoms with Crippen LogP contribution in [0.15, 0.2) is 36.4 Å². The van der Waals surface area contributed by atoms with Gasteiger partial charge in [0.05, 0.1) is 7.11 Å². The predicted octanol–water partition coefficient (Wildman–Crippen LogP) is 5.54. The molecule has 162 valence electrons. The Hall–Kier alpha value is -1.77. The zero-order chi connectivity index (χ0) is 20.9. The highest BCUT2D eigenvalue weighted by Gasteiger charge is 2.59. The predicted molar refractivity (Wildman–Crippen MR) is 120 cm³/mol. The molecule has 0 saturated heterocycles. The van der Waals surface area contributed by atoms with Crippen LogP contribution in [0, 0.1) is 34.5 Å². The number of hydrogen-bond acceptors (Lipinski definition) is 2. The number of para-hydroxylation sites is 1. The quantitative estimate of drug-likeness (QED) is 0.711. The van der Waals surface area contributed by atoms with Gasteiger partial charge in [-0.25, -0.2) is 0 Å². The molecule has 1 amide bonds. The maximum Gasteiger partial charge on any atom is 0.243 e. The van der Waals surface area contributed by atoms with Gasteiger partial charge in [0.2, 0.25) is 5.91 Å². The molecule has 3 saturated carbocycles. The summed E-state index contributed by atoms with van der Waals surface area (Å²) in [6.07, 6.45) is 14.3. The Morgan fingerprint density at radius 3 is 2.73 bits per heavy atom. The van der Waals surface area contributed by atoms with Crippen LogP contribution in [0.3, 0.4) is 0 Å². The van der Waals surface area contributed by atoms with Crippen LogP contribution in [0.1, 0.15) is 64.4 Å². The van der Waals surface area contributed by atoms with E-state index >= 15 is 0 Å². The van der Waals surface area contributed by atoms with Crippen LogP contribution in [0.25, 0.3) is 0 Å². The average Bonchev–Trinajstić information content (AvgIpc) is 3.09. The fourth-order valence-corrected chi connectivity index (χ4v) is 8.16. The van der Waals surface area contributed by atoms with Crippen LogP contribution in [-0.4, -0.2) is 19.1 Å². The Balaban J connectivity index is 1.33. The molecule has 3 heteroatoms. The van der Waals surface area contributed by atoms with Crippen LogP contribution in [0.5, 0.6) is 5.75 Å². The first-order valence-corrected chi connectivity index (χ1v) is 12.1. The van der Waals surface area contributed by atoms with E-state index in [0.29, 0.717) is 11.5 Å². The smallest absolute Gasteiger partial charge is 0.243 e. The number of carbonyl (C=O) groups is 1. The van der Waals surface area contributed by atoms with Crippen molar-refractivity contribution in [2.75, 3.05) is 7.11 Å². The van der Waals surface area contributed by atoms with E-state index in [4.69, 9.17) is 4.74 Å². The summed E-state index contributed by atoms with van der Waals surface area (Å²) in [5, 5.41) is 3.28. The van der Waals surface area contributed by atoms with E-state index in [-0.39, 0.29) is 11.3 Å². The molecule has 1 heterocycles. The van der Waals surface area contributed by atoms with E-state index in [1.54, 1.807) is 13.2 Å². The number of aryl methyl sites for hydroxylation is 1. The number of hydrogen-bond donors (Lipinski definition) is 1. The van der Waals surface area contributed by atoms with Crippen molar-refractivity contribution in [2.24, 2.45) is 34.5 Å². The second-order valence-corrected chi connectivity index (χ2v) is 10.9. The Morgan fingerprint density at radius 2 is 1.90 bits per heavy atom. The number of benzene rings is 1. The number of nitrogens with one attached hydrogen (secondary N) is 1. The molecule has 0 spiro atoms. The van der Waals surface area contributed by atoms with Crippen molar-refractivity contribution >= 4 is 5.91 Å². The van der Waals surface area contributed by atoms with Crippen molar-refractivity contribution < 1.29 is 9.53 Å². The van der Waals surface area contributed by atoms with Crippen molar-refractivity contribution in [3.05, 3.63) is 42.0 Å². The molecule has 7 atom stereocenters. The molecule has 1 N–H and O–H groups in total. The highest BCUT2D eigenvalue weighted by Crippen LogP contribution is 2.65. The molecule has 0 radical (unpaired) electrons. The lowest BCUT2D eigenvalue weighted by Crippen LogP contribution is -2.59. The third-order valence-electron chi connectivity index (χ3n) is 9.84. The van der Waals surface area contributed by atoms with Crippen molar-refractivity contribution in [2.45, 2.75) is 71.3 Å². The number of amides is 1. The summed E-state index contributed by atoms with van der Waals surface area (Å²) in [6.45, 7) is 5.03. The van der Waals surface area contributed by atoms with Crippen LogP contribution < -0.4 is 10.1 Å². The van der Waals surface area contributed by atoms with Crippen LogP contribution in [0.2, 0.25) is 0 Å². The first-order chi connectivity index (χ1) is 14.5. The third kappa shape index (κ3) is 3.03. The van der Waals surface area contributed by atoms with Gasteiger partial charge in [-0.15, -0.1) is 0 Å². The SMILES string of the molecule is COc1ccccc1CC[C@H]1CC[C@H]2[C@@H]3CCC4NC(=O)C=C[C@]4(C)[C@H]3CC[C@]12C. The van der Waals surface area contributed by atoms with Gasteiger partial charge in [-0.05, 0) is 98.2 Å². The van der Waals surface area contributed by atoms with E-state index < -0.39 is 0 Å². The normalized spacial score (nSPS) is 42.1. The highest BCUT2D eigenvalue weighted by atomic mass is 16.5. The van der Waals surface area contributed by atoms with Gasteiger partial charge in [0.15, 0.2) is 0 Å². The molecule has 3 nitrogen and oxygen atoms in total. The van der Waals surface area contributed by atoms with Gasteiger partial charge in [0, 0.05) is 11.5 Å². The summed E-state index contributed by atoms with van der Waals surface area (Å²) in [7, 11) is 1.78. The lowest BCUT2D eigenvalue weighted by atomic mass is 9.48. The summed E-state index contributed by atoms with van der Waals surface area (Å²) < 4.78 is 5.60. The van der Waals surface area contributed by atoms with E-state index in [1.165, 1.54) is 44.1 Å². The minimum atomic E-state index is 0.105. The number of rotatable bonds is 4. The van der Waals surface area contributed by atoms with Gasteiger partial charge < -0.3 is 10.1 Å². The monoisotopic (exact) mass is 407 g/mol. The van der Waals surface area contributed by atoms with Crippen molar-refractivity contribution in [1.29, 1.82) is 0 Å². The molecule has 0 bridgehead atoms. The number of ether oxygens (including phenoxy) is 1. The van der Waals surface area contributed by atoms with E-state index in [0.717, 1.165) is 42.3 Å². The van der Waals surface area contributed by atoms with Gasteiger partial charge in [-0.3, -0.25) is 4.79 Å². The molecule has 30 heavy (non-hydrogen) atoms. The van der Waals surface area contributed by atoms with Crippen LogP contribution in [-0.2, 0) is 11.2 Å². The molecule has 5 rings (SSSR count). The molecule has 0 aromatic heterocycles. The van der Waals surface area contributed by atoms with Crippen LogP contribution >= 0.6 is 0 Å². The second-order valence-electron chi connectivity index (χ2n) is 10.9.